The number of aliphatic imine (C=N–C) groups is 1. The summed E-state index contributed by atoms with van der Waals surface area (Å²) in [5, 5.41) is 16.9. The van der Waals surface area contributed by atoms with Crippen LogP contribution < -0.4 is 10.6 Å². The average Bonchev–Trinajstić information content (AvgIpc) is 3.07. The van der Waals surface area contributed by atoms with Crippen LogP contribution in [0.1, 0.15) is 39.9 Å². The monoisotopic (exact) mass is 452 g/mol. The number of aliphatic hydroxyl groups is 1. The quantitative estimate of drug-likeness (QED) is 0.305. The van der Waals surface area contributed by atoms with Gasteiger partial charge in [-0.25, -0.2) is 4.99 Å². The number of nitrogens with zero attached hydrogens (tertiary/aromatic N) is 2. The minimum absolute atomic E-state index is 0. The van der Waals surface area contributed by atoms with Crippen LogP contribution in [0.25, 0.3) is 0 Å². The standard InChI is InChI=1S/C17H32N4O2.HI/c1-6-14(3)21(5)11-10-19-16(18-7-2)20-13-17(4,22)15-9-8-12-23-15;/h8-9,12,14,22H,6-7,10-11,13H2,1-5H3,(H2,18,19,20);1H. The zero-order chi connectivity index (χ0) is 17.3. The van der Waals surface area contributed by atoms with Gasteiger partial charge in [0.1, 0.15) is 11.4 Å². The molecule has 7 heteroatoms. The summed E-state index contributed by atoms with van der Waals surface area (Å²) in [4.78, 5) is 6.78. The van der Waals surface area contributed by atoms with E-state index in [0.717, 1.165) is 26.1 Å². The van der Waals surface area contributed by atoms with Gasteiger partial charge in [-0.15, -0.1) is 24.0 Å². The van der Waals surface area contributed by atoms with Crippen molar-refractivity contribution in [3.8, 4) is 0 Å². The van der Waals surface area contributed by atoms with Gasteiger partial charge in [-0.2, -0.15) is 0 Å². The Morgan fingerprint density at radius 2 is 2.12 bits per heavy atom. The predicted octanol–water partition coefficient (Wildman–Crippen LogP) is 2.39. The van der Waals surface area contributed by atoms with Gasteiger partial charge >= 0.3 is 0 Å². The number of hydrogen-bond donors (Lipinski definition) is 3. The molecule has 3 N–H and O–H groups in total. The summed E-state index contributed by atoms with van der Waals surface area (Å²) >= 11 is 0. The molecule has 2 atom stereocenters. The Hall–Kier alpha value is -0.800. The molecular formula is C17H33IN4O2. The molecule has 0 fully saturated rings. The van der Waals surface area contributed by atoms with Crippen molar-refractivity contribution >= 4 is 29.9 Å². The van der Waals surface area contributed by atoms with E-state index in [2.05, 4.69) is 41.4 Å². The van der Waals surface area contributed by atoms with Gasteiger partial charge in [0.2, 0.25) is 0 Å². The van der Waals surface area contributed by atoms with Crippen molar-refractivity contribution in [1.29, 1.82) is 0 Å². The number of furan rings is 1. The molecule has 0 bridgehead atoms. The summed E-state index contributed by atoms with van der Waals surface area (Å²) < 4.78 is 5.28. The Balaban J connectivity index is 0.00000529. The summed E-state index contributed by atoms with van der Waals surface area (Å²) in [6.07, 6.45) is 2.69. The minimum atomic E-state index is -1.11. The van der Waals surface area contributed by atoms with Crippen LogP contribution in [0.15, 0.2) is 27.8 Å². The molecule has 1 heterocycles. The molecular weight excluding hydrogens is 419 g/mol. The van der Waals surface area contributed by atoms with Gasteiger partial charge < -0.3 is 25.1 Å². The van der Waals surface area contributed by atoms with Gasteiger partial charge in [0.25, 0.3) is 0 Å². The lowest BCUT2D eigenvalue weighted by Gasteiger charge is -2.24. The molecule has 1 rings (SSSR count). The Morgan fingerprint density at radius 1 is 1.42 bits per heavy atom. The SMILES string of the molecule is CCNC(=NCC(C)(O)c1ccco1)NCCN(C)C(C)CC.I. The average molecular weight is 452 g/mol. The highest BCUT2D eigenvalue weighted by atomic mass is 127. The molecule has 0 aliphatic rings. The molecule has 0 spiro atoms. The number of hydrogen-bond acceptors (Lipinski definition) is 4. The van der Waals surface area contributed by atoms with E-state index < -0.39 is 5.60 Å². The number of halogens is 1. The highest BCUT2D eigenvalue weighted by Crippen LogP contribution is 2.20. The van der Waals surface area contributed by atoms with Gasteiger partial charge in [0.05, 0.1) is 12.8 Å². The lowest BCUT2D eigenvalue weighted by Crippen LogP contribution is -2.43. The van der Waals surface area contributed by atoms with Crippen LogP contribution in [0.5, 0.6) is 0 Å². The van der Waals surface area contributed by atoms with Crippen molar-refractivity contribution < 1.29 is 9.52 Å². The molecule has 6 nitrogen and oxygen atoms in total. The van der Waals surface area contributed by atoms with Crippen molar-refractivity contribution in [2.75, 3.05) is 33.2 Å². The van der Waals surface area contributed by atoms with E-state index in [1.54, 1.807) is 25.3 Å². The van der Waals surface area contributed by atoms with Crippen LogP contribution in [0, 0.1) is 0 Å². The summed E-state index contributed by atoms with van der Waals surface area (Å²) in [6, 6.07) is 4.09. The molecule has 2 unspecified atom stereocenters. The first-order valence-corrected chi connectivity index (χ1v) is 8.39. The molecule has 0 radical (unpaired) electrons. The molecule has 0 amide bonds. The second kappa shape index (κ2) is 11.7. The minimum Gasteiger partial charge on any atom is -0.466 e. The van der Waals surface area contributed by atoms with Crippen LogP contribution in [0.2, 0.25) is 0 Å². The third kappa shape index (κ3) is 7.85. The second-order valence-electron chi connectivity index (χ2n) is 6.11. The maximum Gasteiger partial charge on any atom is 0.191 e. The van der Waals surface area contributed by atoms with E-state index in [4.69, 9.17) is 4.42 Å². The fourth-order valence-electron chi connectivity index (χ4n) is 2.12. The van der Waals surface area contributed by atoms with E-state index in [9.17, 15) is 5.11 Å². The Bertz CT molecular complexity index is 463. The van der Waals surface area contributed by atoms with E-state index >= 15 is 0 Å². The summed E-state index contributed by atoms with van der Waals surface area (Å²) in [5.74, 6) is 1.23. The van der Waals surface area contributed by atoms with Gasteiger partial charge in [0, 0.05) is 25.7 Å². The molecule has 0 aromatic carbocycles. The van der Waals surface area contributed by atoms with Crippen molar-refractivity contribution in [3.05, 3.63) is 24.2 Å². The van der Waals surface area contributed by atoms with E-state index in [1.807, 2.05) is 6.92 Å². The zero-order valence-electron chi connectivity index (χ0n) is 15.5. The van der Waals surface area contributed by atoms with E-state index in [0.29, 0.717) is 17.8 Å². The lowest BCUT2D eigenvalue weighted by atomic mass is 10.0. The van der Waals surface area contributed by atoms with Crippen LogP contribution in [-0.2, 0) is 5.60 Å². The van der Waals surface area contributed by atoms with Crippen LogP contribution in [0.4, 0.5) is 0 Å². The van der Waals surface area contributed by atoms with E-state index in [-0.39, 0.29) is 30.5 Å². The number of rotatable bonds is 9. The Labute approximate surface area is 163 Å². The van der Waals surface area contributed by atoms with Crippen LogP contribution in [-0.4, -0.2) is 55.2 Å². The number of guanidine groups is 1. The third-order valence-electron chi connectivity index (χ3n) is 4.04. The van der Waals surface area contributed by atoms with Crippen LogP contribution >= 0.6 is 24.0 Å². The number of nitrogens with one attached hydrogen (secondary N) is 2. The fraction of sp³-hybridized carbons (Fsp3) is 0.706. The highest BCUT2D eigenvalue weighted by molar-refractivity contribution is 14.0. The molecule has 140 valence electrons. The van der Waals surface area contributed by atoms with Gasteiger partial charge in [-0.1, -0.05) is 6.92 Å². The Kier molecular flexibility index (Phi) is 11.3. The van der Waals surface area contributed by atoms with Gasteiger partial charge in [-0.05, 0) is 46.4 Å². The first-order chi connectivity index (χ1) is 10.9. The molecule has 0 saturated heterocycles. The molecule has 0 aliphatic carbocycles. The van der Waals surface area contributed by atoms with Crippen molar-refractivity contribution in [2.24, 2.45) is 4.99 Å². The van der Waals surface area contributed by atoms with E-state index in [1.165, 1.54) is 0 Å². The summed E-state index contributed by atoms with van der Waals surface area (Å²) in [7, 11) is 2.13. The maximum atomic E-state index is 10.4. The third-order valence-corrected chi connectivity index (χ3v) is 4.04. The Morgan fingerprint density at radius 3 is 2.67 bits per heavy atom. The second-order valence-corrected chi connectivity index (χ2v) is 6.11. The summed E-state index contributed by atoms with van der Waals surface area (Å²) in [5.41, 5.74) is -1.11. The molecule has 24 heavy (non-hydrogen) atoms. The van der Waals surface area contributed by atoms with Gasteiger partial charge in [-0.3, -0.25) is 0 Å². The highest BCUT2D eigenvalue weighted by Gasteiger charge is 2.26. The van der Waals surface area contributed by atoms with Crippen molar-refractivity contribution in [1.82, 2.24) is 15.5 Å². The number of likely N-dealkylation sites (N-methyl/N-ethyl adjacent to an activating group) is 1. The molecule has 0 saturated carbocycles. The predicted molar refractivity (Wildman–Crippen MR) is 110 cm³/mol. The normalized spacial score (nSPS) is 15.5. The van der Waals surface area contributed by atoms with Crippen LogP contribution in [0.3, 0.4) is 0 Å². The summed E-state index contributed by atoms with van der Waals surface area (Å²) in [6.45, 7) is 10.9. The largest absolute Gasteiger partial charge is 0.466 e. The first-order valence-electron chi connectivity index (χ1n) is 8.39. The smallest absolute Gasteiger partial charge is 0.191 e. The molecule has 1 aromatic heterocycles. The fourth-order valence-corrected chi connectivity index (χ4v) is 2.12. The topological polar surface area (TPSA) is 73.0 Å². The van der Waals surface area contributed by atoms with Gasteiger partial charge in [0.15, 0.2) is 5.96 Å². The lowest BCUT2D eigenvalue weighted by molar-refractivity contribution is 0.0437. The molecule has 1 aromatic rings. The van der Waals surface area contributed by atoms with Crippen molar-refractivity contribution in [2.45, 2.75) is 45.8 Å². The first kappa shape index (κ1) is 23.2. The molecule has 0 aliphatic heterocycles. The zero-order valence-corrected chi connectivity index (χ0v) is 17.8. The maximum absolute atomic E-state index is 10.4. The van der Waals surface area contributed by atoms with Crippen molar-refractivity contribution in [3.63, 3.8) is 0 Å².